The zero-order chi connectivity index (χ0) is 11.1. The average molecular weight is 213 g/mol. The molecule has 1 heterocycles. The molecule has 1 aliphatic heterocycles. The second kappa shape index (κ2) is 6.96. The normalized spacial score (nSPS) is 25.7. The molecule has 0 aromatic rings. The number of Topliss-reactive ketones (excluding diaryl/α,β-unsaturated/α-hetero) is 1. The molecule has 0 saturated carbocycles. The van der Waals surface area contributed by atoms with Crippen LogP contribution in [0.3, 0.4) is 0 Å². The third-order valence-corrected chi connectivity index (χ3v) is 3.06. The molecule has 88 valence electrons. The van der Waals surface area contributed by atoms with E-state index in [1.807, 2.05) is 0 Å². The Morgan fingerprint density at radius 2 is 2.00 bits per heavy atom. The van der Waals surface area contributed by atoms with E-state index in [0.717, 1.165) is 6.42 Å². The van der Waals surface area contributed by atoms with Crippen LogP contribution in [0, 0.1) is 5.92 Å². The molecule has 1 saturated heterocycles. The van der Waals surface area contributed by atoms with Crippen LogP contribution in [-0.2, 0) is 9.53 Å². The van der Waals surface area contributed by atoms with Gasteiger partial charge in [-0.1, -0.05) is 32.6 Å². The third kappa shape index (κ3) is 4.31. The number of carbonyl (C=O) groups is 1. The average Bonchev–Trinajstić information content (AvgIpc) is 2.64. The van der Waals surface area contributed by atoms with Gasteiger partial charge < -0.3 is 10.5 Å². The van der Waals surface area contributed by atoms with E-state index in [2.05, 4.69) is 6.92 Å². The van der Waals surface area contributed by atoms with Crippen LogP contribution in [0.25, 0.3) is 0 Å². The molecule has 15 heavy (non-hydrogen) atoms. The van der Waals surface area contributed by atoms with Gasteiger partial charge >= 0.3 is 0 Å². The number of hydrogen-bond donors (Lipinski definition) is 1. The summed E-state index contributed by atoms with van der Waals surface area (Å²) in [4.78, 5) is 11.7. The van der Waals surface area contributed by atoms with Crippen molar-refractivity contribution in [2.45, 2.75) is 51.5 Å². The second-order valence-corrected chi connectivity index (χ2v) is 4.44. The first-order valence-corrected chi connectivity index (χ1v) is 6.11. The monoisotopic (exact) mass is 213 g/mol. The van der Waals surface area contributed by atoms with Crippen LogP contribution in [0.15, 0.2) is 0 Å². The molecule has 3 nitrogen and oxygen atoms in total. The van der Waals surface area contributed by atoms with Crippen molar-refractivity contribution in [1.82, 2.24) is 0 Å². The Bertz CT molecular complexity index is 194. The summed E-state index contributed by atoms with van der Waals surface area (Å²) in [6.07, 6.45) is 6.64. The van der Waals surface area contributed by atoms with Crippen molar-refractivity contribution in [2.75, 3.05) is 13.2 Å². The van der Waals surface area contributed by atoms with Crippen LogP contribution >= 0.6 is 0 Å². The Morgan fingerprint density at radius 3 is 2.60 bits per heavy atom. The van der Waals surface area contributed by atoms with Gasteiger partial charge in [-0.05, 0) is 6.42 Å². The van der Waals surface area contributed by atoms with Gasteiger partial charge in [0.05, 0.1) is 19.1 Å². The summed E-state index contributed by atoms with van der Waals surface area (Å²) < 4.78 is 5.19. The molecular formula is C12H23NO2. The molecule has 0 bridgehead atoms. The number of carbonyl (C=O) groups excluding carboxylic acids is 1. The Morgan fingerprint density at radius 1 is 1.27 bits per heavy atom. The summed E-state index contributed by atoms with van der Waals surface area (Å²) in [5.74, 6) is 0.271. The summed E-state index contributed by atoms with van der Waals surface area (Å²) in [6, 6.07) is -0.0619. The van der Waals surface area contributed by atoms with Gasteiger partial charge in [-0.15, -0.1) is 0 Å². The predicted octanol–water partition coefficient (Wildman–Crippen LogP) is 1.89. The quantitative estimate of drug-likeness (QED) is 0.657. The minimum atomic E-state index is -0.0619. The van der Waals surface area contributed by atoms with E-state index in [4.69, 9.17) is 10.5 Å². The smallest absolute Gasteiger partial charge is 0.139 e. The number of ketones is 1. The number of nitrogens with two attached hydrogens (primary N) is 1. The maximum atomic E-state index is 11.7. The van der Waals surface area contributed by atoms with Gasteiger partial charge in [-0.25, -0.2) is 0 Å². The van der Waals surface area contributed by atoms with Crippen LogP contribution in [0.1, 0.15) is 45.4 Å². The summed E-state index contributed by atoms with van der Waals surface area (Å²) in [7, 11) is 0. The van der Waals surface area contributed by atoms with Crippen LogP contribution < -0.4 is 5.73 Å². The molecule has 1 rings (SSSR count). The van der Waals surface area contributed by atoms with E-state index < -0.39 is 0 Å². The zero-order valence-corrected chi connectivity index (χ0v) is 9.71. The van der Waals surface area contributed by atoms with Crippen LogP contribution in [-0.4, -0.2) is 25.0 Å². The molecule has 0 aromatic heterocycles. The summed E-state index contributed by atoms with van der Waals surface area (Å²) in [6.45, 7) is 3.28. The number of ether oxygens (including phenoxy) is 1. The SMILES string of the molecule is CCCCCCCC(=O)C1COCC1N. The van der Waals surface area contributed by atoms with Crippen molar-refractivity contribution >= 4 is 5.78 Å². The Hall–Kier alpha value is -0.410. The molecular weight excluding hydrogens is 190 g/mol. The van der Waals surface area contributed by atoms with E-state index in [9.17, 15) is 4.79 Å². The topological polar surface area (TPSA) is 52.3 Å². The van der Waals surface area contributed by atoms with Crippen molar-refractivity contribution in [2.24, 2.45) is 11.7 Å². The Kier molecular flexibility index (Phi) is 5.88. The van der Waals surface area contributed by atoms with Crippen LogP contribution in [0.4, 0.5) is 0 Å². The second-order valence-electron chi connectivity index (χ2n) is 4.44. The first-order chi connectivity index (χ1) is 7.25. The lowest BCUT2D eigenvalue weighted by Crippen LogP contribution is -2.33. The fourth-order valence-corrected chi connectivity index (χ4v) is 1.99. The molecule has 1 aliphatic rings. The standard InChI is InChI=1S/C12H23NO2/c1-2-3-4-5-6-7-12(14)10-8-15-9-11(10)13/h10-11H,2-9,13H2,1H3. The maximum Gasteiger partial charge on any atom is 0.139 e. The first-order valence-electron chi connectivity index (χ1n) is 6.11. The van der Waals surface area contributed by atoms with Crippen molar-refractivity contribution < 1.29 is 9.53 Å². The highest BCUT2D eigenvalue weighted by Gasteiger charge is 2.30. The highest BCUT2D eigenvalue weighted by atomic mass is 16.5. The van der Waals surface area contributed by atoms with Crippen molar-refractivity contribution in [1.29, 1.82) is 0 Å². The predicted molar refractivity (Wildman–Crippen MR) is 60.7 cm³/mol. The van der Waals surface area contributed by atoms with Crippen molar-refractivity contribution in [3.8, 4) is 0 Å². The summed E-state index contributed by atoms with van der Waals surface area (Å²) in [5, 5.41) is 0. The summed E-state index contributed by atoms with van der Waals surface area (Å²) >= 11 is 0. The molecule has 0 amide bonds. The largest absolute Gasteiger partial charge is 0.379 e. The Balaban J connectivity index is 2.08. The lowest BCUT2D eigenvalue weighted by atomic mass is 9.95. The van der Waals surface area contributed by atoms with E-state index >= 15 is 0 Å². The molecule has 2 unspecified atom stereocenters. The highest BCUT2D eigenvalue weighted by molar-refractivity contribution is 5.82. The molecule has 0 aliphatic carbocycles. The van der Waals surface area contributed by atoms with Crippen LogP contribution in [0.2, 0.25) is 0 Å². The van der Waals surface area contributed by atoms with Crippen LogP contribution in [0.5, 0.6) is 0 Å². The molecule has 2 N–H and O–H groups in total. The fourth-order valence-electron chi connectivity index (χ4n) is 1.99. The zero-order valence-electron chi connectivity index (χ0n) is 9.71. The minimum absolute atomic E-state index is 0.0313. The lowest BCUT2D eigenvalue weighted by Gasteiger charge is -2.11. The van der Waals surface area contributed by atoms with Gasteiger partial charge in [0, 0.05) is 12.5 Å². The Labute approximate surface area is 92.4 Å². The van der Waals surface area contributed by atoms with E-state index in [0.29, 0.717) is 25.4 Å². The molecule has 0 aromatic carbocycles. The fraction of sp³-hybridized carbons (Fsp3) is 0.917. The third-order valence-electron chi connectivity index (χ3n) is 3.06. The van der Waals surface area contributed by atoms with Gasteiger partial charge in [0.1, 0.15) is 5.78 Å². The van der Waals surface area contributed by atoms with Gasteiger partial charge in [0.25, 0.3) is 0 Å². The highest BCUT2D eigenvalue weighted by Crippen LogP contribution is 2.16. The van der Waals surface area contributed by atoms with E-state index in [1.165, 1.54) is 25.7 Å². The van der Waals surface area contributed by atoms with Gasteiger partial charge in [0.2, 0.25) is 0 Å². The lowest BCUT2D eigenvalue weighted by molar-refractivity contribution is -0.123. The van der Waals surface area contributed by atoms with E-state index in [-0.39, 0.29) is 12.0 Å². The molecule has 1 fully saturated rings. The van der Waals surface area contributed by atoms with E-state index in [1.54, 1.807) is 0 Å². The van der Waals surface area contributed by atoms with Crippen molar-refractivity contribution in [3.05, 3.63) is 0 Å². The van der Waals surface area contributed by atoms with Gasteiger partial charge in [-0.2, -0.15) is 0 Å². The molecule has 2 atom stereocenters. The first kappa shape index (κ1) is 12.7. The van der Waals surface area contributed by atoms with Crippen molar-refractivity contribution in [3.63, 3.8) is 0 Å². The molecule has 0 radical (unpaired) electrons. The summed E-state index contributed by atoms with van der Waals surface area (Å²) in [5.41, 5.74) is 5.79. The number of hydrogen-bond acceptors (Lipinski definition) is 3. The maximum absolute atomic E-state index is 11.7. The van der Waals surface area contributed by atoms with Gasteiger partial charge in [-0.3, -0.25) is 4.79 Å². The molecule has 0 spiro atoms. The number of unbranched alkanes of at least 4 members (excludes halogenated alkanes) is 4. The molecule has 3 heteroatoms. The minimum Gasteiger partial charge on any atom is -0.379 e. The number of rotatable bonds is 7. The van der Waals surface area contributed by atoms with Gasteiger partial charge in [0.15, 0.2) is 0 Å².